The maximum atomic E-state index is 11.3. The lowest BCUT2D eigenvalue weighted by molar-refractivity contribution is 0.583. The minimum Gasteiger partial charge on any atom is -0.315 e. The van der Waals surface area contributed by atoms with Gasteiger partial charge in [0.05, 0.1) is 11.0 Å². The van der Waals surface area contributed by atoms with Crippen LogP contribution in [0.4, 0.5) is 0 Å². The van der Waals surface area contributed by atoms with Gasteiger partial charge in [0.1, 0.15) is 0 Å². The van der Waals surface area contributed by atoms with E-state index >= 15 is 0 Å². The van der Waals surface area contributed by atoms with Crippen LogP contribution < -0.4 is 5.32 Å². The highest BCUT2D eigenvalue weighted by molar-refractivity contribution is 7.98. The van der Waals surface area contributed by atoms with Crippen LogP contribution in [0.1, 0.15) is 13.8 Å². The molecule has 0 aliphatic carbocycles. The van der Waals surface area contributed by atoms with Gasteiger partial charge < -0.3 is 5.32 Å². The van der Waals surface area contributed by atoms with Crippen LogP contribution in [0.2, 0.25) is 0 Å². The molecule has 0 radical (unpaired) electrons. The van der Waals surface area contributed by atoms with Gasteiger partial charge in [-0.3, -0.25) is 0 Å². The Bertz CT molecular complexity index is 212. The maximum absolute atomic E-state index is 11.3. The largest absolute Gasteiger partial charge is 0.315 e. The van der Waals surface area contributed by atoms with Crippen molar-refractivity contribution < 1.29 is 8.42 Å². The zero-order chi connectivity index (χ0) is 10.3. The standard InChI is InChI=1S/C8H19NO2S2/c1-8(2)13(10,11)7-5-9-4-6-12-3/h8-9H,4-7H2,1-3H3. The molecule has 0 aromatic carbocycles. The summed E-state index contributed by atoms with van der Waals surface area (Å²) >= 11 is 1.75. The molecule has 0 aromatic heterocycles. The molecule has 1 N–H and O–H groups in total. The Balaban J connectivity index is 3.53. The summed E-state index contributed by atoms with van der Waals surface area (Å²) in [5.74, 6) is 1.28. The first kappa shape index (κ1) is 13.3. The highest BCUT2D eigenvalue weighted by atomic mass is 32.2. The quantitative estimate of drug-likeness (QED) is 0.650. The molecule has 0 atom stereocenters. The molecule has 0 aliphatic heterocycles. The lowest BCUT2D eigenvalue weighted by Gasteiger charge is -2.07. The van der Waals surface area contributed by atoms with Gasteiger partial charge in [0.25, 0.3) is 0 Å². The SMILES string of the molecule is CSCCNCCS(=O)(=O)C(C)C. The molecule has 13 heavy (non-hydrogen) atoms. The van der Waals surface area contributed by atoms with Crippen molar-refractivity contribution in [2.45, 2.75) is 19.1 Å². The maximum Gasteiger partial charge on any atom is 0.153 e. The average molecular weight is 225 g/mol. The number of thioether (sulfide) groups is 1. The highest BCUT2D eigenvalue weighted by Crippen LogP contribution is 1.98. The van der Waals surface area contributed by atoms with Gasteiger partial charge in [-0.1, -0.05) is 0 Å². The first-order valence-electron chi connectivity index (χ1n) is 4.42. The fourth-order valence-corrected chi connectivity index (χ4v) is 2.00. The zero-order valence-corrected chi connectivity index (χ0v) is 10.2. The van der Waals surface area contributed by atoms with E-state index in [-0.39, 0.29) is 11.0 Å². The average Bonchev–Trinajstić information content (AvgIpc) is 2.03. The van der Waals surface area contributed by atoms with Crippen LogP contribution in [-0.2, 0) is 9.84 Å². The Morgan fingerprint density at radius 1 is 1.31 bits per heavy atom. The summed E-state index contributed by atoms with van der Waals surface area (Å²) in [4.78, 5) is 0. The fraction of sp³-hybridized carbons (Fsp3) is 1.00. The normalized spacial score (nSPS) is 12.3. The third-order valence-corrected chi connectivity index (χ3v) is 4.59. The number of hydrogen-bond acceptors (Lipinski definition) is 4. The predicted molar refractivity (Wildman–Crippen MR) is 60.2 cm³/mol. The van der Waals surface area contributed by atoms with E-state index in [1.165, 1.54) is 0 Å². The van der Waals surface area contributed by atoms with Crippen LogP contribution in [0, 0.1) is 0 Å². The molecule has 0 amide bonds. The molecule has 0 heterocycles. The third-order valence-electron chi connectivity index (χ3n) is 1.76. The third kappa shape index (κ3) is 6.35. The molecule has 0 aliphatic rings. The lowest BCUT2D eigenvalue weighted by atomic mass is 10.6. The van der Waals surface area contributed by atoms with Gasteiger partial charge >= 0.3 is 0 Å². The van der Waals surface area contributed by atoms with E-state index in [0.29, 0.717) is 6.54 Å². The van der Waals surface area contributed by atoms with E-state index in [9.17, 15) is 8.42 Å². The van der Waals surface area contributed by atoms with Crippen molar-refractivity contribution in [2.75, 3.05) is 30.9 Å². The Hall–Kier alpha value is 0.260. The molecule has 0 saturated heterocycles. The molecule has 0 saturated carbocycles. The van der Waals surface area contributed by atoms with E-state index in [4.69, 9.17) is 0 Å². The molecule has 0 rings (SSSR count). The summed E-state index contributed by atoms with van der Waals surface area (Å²) in [6.07, 6.45) is 2.03. The monoisotopic (exact) mass is 225 g/mol. The van der Waals surface area contributed by atoms with Gasteiger partial charge in [-0.15, -0.1) is 0 Å². The van der Waals surface area contributed by atoms with E-state index in [0.717, 1.165) is 12.3 Å². The van der Waals surface area contributed by atoms with Crippen molar-refractivity contribution in [1.82, 2.24) is 5.32 Å². The Kier molecular flexibility index (Phi) is 6.81. The van der Waals surface area contributed by atoms with Gasteiger partial charge in [0.2, 0.25) is 0 Å². The molecule has 0 aromatic rings. The van der Waals surface area contributed by atoms with Crippen LogP contribution in [0.25, 0.3) is 0 Å². The van der Waals surface area contributed by atoms with E-state index in [1.54, 1.807) is 25.6 Å². The lowest BCUT2D eigenvalue weighted by Crippen LogP contribution is -2.28. The molecular weight excluding hydrogens is 206 g/mol. The Morgan fingerprint density at radius 3 is 2.38 bits per heavy atom. The van der Waals surface area contributed by atoms with Gasteiger partial charge in [0.15, 0.2) is 9.84 Å². The molecule has 0 bridgehead atoms. The number of hydrogen-bond donors (Lipinski definition) is 1. The molecule has 0 spiro atoms. The van der Waals surface area contributed by atoms with Crippen LogP contribution in [0.3, 0.4) is 0 Å². The Labute approximate surface area is 85.6 Å². The van der Waals surface area contributed by atoms with Gasteiger partial charge in [-0.05, 0) is 20.1 Å². The minimum absolute atomic E-state index is 0.249. The van der Waals surface area contributed by atoms with Crippen LogP contribution in [0.15, 0.2) is 0 Å². The van der Waals surface area contributed by atoms with Gasteiger partial charge in [-0.2, -0.15) is 11.8 Å². The van der Waals surface area contributed by atoms with E-state index < -0.39 is 9.84 Å². The van der Waals surface area contributed by atoms with E-state index in [1.807, 2.05) is 6.26 Å². The Morgan fingerprint density at radius 2 is 1.92 bits per heavy atom. The fourth-order valence-electron chi connectivity index (χ4n) is 0.749. The first-order valence-corrected chi connectivity index (χ1v) is 7.53. The highest BCUT2D eigenvalue weighted by Gasteiger charge is 2.14. The summed E-state index contributed by atoms with van der Waals surface area (Å²) in [5.41, 5.74) is 0. The molecule has 3 nitrogen and oxygen atoms in total. The van der Waals surface area contributed by atoms with Crippen molar-refractivity contribution in [3.8, 4) is 0 Å². The van der Waals surface area contributed by atoms with Gasteiger partial charge in [0, 0.05) is 18.8 Å². The summed E-state index contributed by atoms with van der Waals surface area (Å²) < 4.78 is 22.6. The molecule has 0 unspecified atom stereocenters. The molecule has 0 fully saturated rings. The van der Waals surface area contributed by atoms with Gasteiger partial charge in [-0.25, -0.2) is 8.42 Å². The molecular formula is C8H19NO2S2. The first-order chi connectivity index (χ1) is 6.00. The summed E-state index contributed by atoms with van der Waals surface area (Å²) in [7, 11) is -2.85. The van der Waals surface area contributed by atoms with Crippen LogP contribution >= 0.6 is 11.8 Å². The smallest absolute Gasteiger partial charge is 0.153 e. The van der Waals surface area contributed by atoms with E-state index in [2.05, 4.69) is 5.32 Å². The number of nitrogens with one attached hydrogen (secondary N) is 1. The summed E-state index contributed by atoms with van der Waals surface area (Å²) in [5, 5.41) is 2.84. The number of rotatable bonds is 7. The number of sulfone groups is 1. The molecule has 5 heteroatoms. The second-order valence-electron chi connectivity index (χ2n) is 3.16. The summed E-state index contributed by atoms with van der Waals surface area (Å²) in [6.45, 7) is 4.89. The second-order valence-corrected chi connectivity index (χ2v) is 6.82. The van der Waals surface area contributed by atoms with Crippen molar-refractivity contribution in [2.24, 2.45) is 0 Å². The topological polar surface area (TPSA) is 46.2 Å². The zero-order valence-electron chi connectivity index (χ0n) is 8.54. The van der Waals surface area contributed by atoms with Crippen molar-refractivity contribution in [1.29, 1.82) is 0 Å². The van der Waals surface area contributed by atoms with Crippen LogP contribution in [-0.4, -0.2) is 44.5 Å². The van der Waals surface area contributed by atoms with Crippen LogP contribution in [0.5, 0.6) is 0 Å². The second kappa shape index (κ2) is 6.68. The van der Waals surface area contributed by atoms with Crippen molar-refractivity contribution in [3.05, 3.63) is 0 Å². The minimum atomic E-state index is -2.85. The van der Waals surface area contributed by atoms with Crippen molar-refractivity contribution >= 4 is 21.6 Å². The molecule has 80 valence electrons. The van der Waals surface area contributed by atoms with Crippen molar-refractivity contribution in [3.63, 3.8) is 0 Å². The summed E-state index contributed by atoms with van der Waals surface area (Å²) in [6, 6.07) is 0. The predicted octanol–water partition coefficient (Wildman–Crippen LogP) is 0.762.